The van der Waals surface area contributed by atoms with Crippen LogP contribution in [-0.2, 0) is 0 Å². The van der Waals surface area contributed by atoms with Gasteiger partial charge in [-0.2, -0.15) is 0 Å². The molecule has 20 heavy (non-hydrogen) atoms. The number of aromatic carboxylic acids is 2. The molecule has 0 bridgehead atoms. The van der Waals surface area contributed by atoms with Gasteiger partial charge in [-0.1, -0.05) is 17.7 Å². The SMILES string of the molecule is O=C(O)c1cc(F)cc(-c2ccc(Cl)c(C(=O)O)c2)c1. The number of benzene rings is 2. The smallest absolute Gasteiger partial charge is 0.337 e. The van der Waals surface area contributed by atoms with Crippen molar-refractivity contribution in [1.29, 1.82) is 0 Å². The van der Waals surface area contributed by atoms with Gasteiger partial charge in [-0.05, 0) is 41.5 Å². The van der Waals surface area contributed by atoms with Gasteiger partial charge in [0, 0.05) is 0 Å². The minimum absolute atomic E-state index is 0.0520. The fourth-order valence-electron chi connectivity index (χ4n) is 1.75. The number of carboxylic acid groups (broad SMARTS) is 2. The zero-order chi connectivity index (χ0) is 14.9. The first kappa shape index (κ1) is 14.0. The Morgan fingerprint density at radius 3 is 2.25 bits per heavy atom. The van der Waals surface area contributed by atoms with E-state index in [2.05, 4.69) is 0 Å². The van der Waals surface area contributed by atoms with E-state index in [1.807, 2.05) is 0 Å². The van der Waals surface area contributed by atoms with Crippen molar-refractivity contribution in [2.75, 3.05) is 0 Å². The number of rotatable bonds is 3. The van der Waals surface area contributed by atoms with E-state index in [9.17, 15) is 14.0 Å². The predicted octanol–water partition coefficient (Wildman–Crippen LogP) is 3.54. The normalized spacial score (nSPS) is 10.3. The number of carbonyl (C=O) groups is 2. The average molecular weight is 295 g/mol. The molecule has 0 saturated heterocycles. The summed E-state index contributed by atoms with van der Waals surface area (Å²) in [5.41, 5.74) is 0.285. The fourth-order valence-corrected chi connectivity index (χ4v) is 1.95. The molecule has 0 aliphatic heterocycles. The van der Waals surface area contributed by atoms with Crippen LogP contribution >= 0.6 is 11.6 Å². The van der Waals surface area contributed by atoms with Crippen LogP contribution < -0.4 is 0 Å². The quantitative estimate of drug-likeness (QED) is 0.908. The summed E-state index contributed by atoms with van der Waals surface area (Å²) < 4.78 is 13.4. The van der Waals surface area contributed by atoms with Gasteiger partial charge in [0.15, 0.2) is 0 Å². The van der Waals surface area contributed by atoms with E-state index in [-0.39, 0.29) is 21.7 Å². The van der Waals surface area contributed by atoms with Gasteiger partial charge in [0.1, 0.15) is 5.82 Å². The third kappa shape index (κ3) is 2.78. The van der Waals surface area contributed by atoms with Crippen molar-refractivity contribution in [3.05, 3.63) is 58.4 Å². The molecular formula is C14H8ClFO4. The van der Waals surface area contributed by atoms with Crippen LogP contribution in [-0.4, -0.2) is 22.2 Å². The lowest BCUT2D eigenvalue weighted by molar-refractivity contribution is 0.0685. The van der Waals surface area contributed by atoms with Gasteiger partial charge in [0.2, 0.25) is 0 Å². The van der Waals surface area contributed by atoms with E-state index in [4.69, 9.17) is 21.8 Å². The topological polar surface area (TPSA) is 74.6 Å². The highest BCUT2D eigenvalue weighted by molar-refractivity contribution is 6.33. The maximum Gasteiger partial charge on any atom is 0.337 e. The summed E-state index contributed by atoms with van der Waals surface area (Å²) in [6.45, 7) is 0. The van der Waals surface area contributed by atoms with Crippen molar-refractivity contribution in [3.63, 3.8) is 0 Å². The summed E-state index contributed by atoms with van der Waals surface area (Å²) in [5, 5.41) is 17.9. The first-order valence-electron chi connectivity index (χ1n) is 5.45. The number of halogens is 2. The van der Waals surface area contributed by atoms with Crippen molar-refractivity contribution in [2.45, 2.75) is 0 Å². The van der Waals surface area contributed by atoms with Gasteiger partial charge < -0.3 is 10.2 Å². The van der Waals surface area contributed by atoms with Gasteiger partial charge in [0.25, 0.3) is 0 Å². The largest absolute Gasteiger partial charge is 0.478 e. The van der Waals surface area contributed by atoms with Crippen molar-refractivity contribution in [1.82, 2.24) is 0 Å². The van der Waals surface area contributed by atoms with Crippen LogP contribution in [0.5, 0.6) is 0 Å². The molecule has 0 heterocycles. The lowest BCUT2D eigenvalue weighted by Crippen LogP contribution is -1.99. The lowest BCUT2D eigenvalue weighted by atomic mass is 10.0. The molecule has 6 heteroatoms. The molecule has 2 rings (SSSR count). The lowest BCUT2D eigenvalue weighted by Gasteiger charge is -2.06. The van der Waals surface area contributed by atoms with Crippen LogP contribution in [0.25, 0.3) is 11.1 Å². The van der Waals surface area contributed by atoms with Gasteiger partial charge in [0.05, 0.1) is 16.1 Å². The third-order valence-corrected chi connectivity index (χ3v) is 3.00. The summed E-state index contributed by atoms with van der Waals surface area (Å²) in [4.78, 5) is 21.9. The molecule has 0 aliphatic carbocycles. The molecule has 0 radical (unpaired) electrons. The molecule has 4 nitrogen and oxygen atoms in total. The Morgan fingerprint density at radius 1 is 0.950 bits per heavy atom. The van der Waals surface area contributed by atoms with Crippen LogP contribution in [0.2, 0.25) is 5.02 Å². The summed E-state index contributed by atoms with van der Waals surface area (Å²) in [5.74, 6) is -3.20. The zero-order valence-corrected chi connectivity index (χ0v) is 10.7. The molecule has 102 valence electrons. The van der Waals surface area contributed by atoms with Crippen LogP contribution in [0.1, 0.15) is 20.7 Å². The maximum absolute atomic E-state index is 13.4. The first-order valence-corrected chi connectivity index (χ1v) is 5.83. The van der Waals surface area contributed by atoms with Gasteiger partial charge >= 0.3 is 11.9 Å². The first-order chi connectivity index (χ1) is 9.38. The van der Waals surface area contributed by atoms with E-state index in [1.165, 1.54) is 24.3 Å². The summed E-state index contributed by atoms with van der Waals surface area (Å²) >= 11 is 5.74. The molecule has 2 aromatic rings. The standard InChI is InChI=1S/C14H8ClFO4/c15-12-2-1-7(6-11(12)14(19)20)8-3-9(13(17)18)5-10(16)4-8/h1-6H,(H,17,18)(H,19,20). The predicted molar refractivity (Wildman–Crippen MR) is 70.8 cm³/mol. The Bertz CT molecular complexity index is 712. The van der Waals surface area contributed by atoms with E-state index < -0.39 is 17.8 Å². The van der Waals surface area contributed by atoms with Crippen molar-refractivity contribution in [3.8, 4) is 11.1 Å². The highest BCUT2D eigenvalue weighted by Crippen LogP contribution is 2.27. The summed E-state index contributed by atoms with van der Waals surface area (Å²) in [7, 11) is 0. The van der Waals surface area contributed by atoms with Crippen LogP contribution in [0.3, 0.4) is 0 Å². The van der Waals surface area contributed by atoms with Crippen LogP contribution in [0.15, 0.2) is 36.4 Å². The molecule has 0 aromatic heterocycles. The van der Waals surface area contributed by atoms with Gasteiger partial charge in [-0.15, -0.1) is 0 Å². The Labute approximate surface area is 118 Å². The molecule has 0 unspecified atom stereocenters. The average Bonchev–Trinajstić information content (AvgIpc) is 2.38. The Morgan fingerprint density at radius 2 is 1.65 bits per heavy atom. The van der Waals surface area contributed by atoms with Crippen LogP contribution in [0, 0.1) is 5.82 Å². The fraction of sp³-hybridized carbons (Fsp3) is 0. The number of hydrogen-bond acceptors (Lipinski definition) is 2. The second-order valence-corrected chi connectivity index (χ2v) is 4.44. The zero-order valence-electron chi connectivity index (χ0n) is 9.93. The highest BCUT2D eigenvalue weighted by atomic mass is 35.5. The minimum Gasteiger partial charge on any atom is -0.478 e. The van der Waals surface area contributed by atoms with Crippen molar-refractivity contribution < 1.29 is 24.2 Å². The molecule has 0 spiro atoms. The van der Waals surface area contributed by atoms with Crippen molar-refractivity contribution >= 4 is 23.5 Å². The molecule has 0 atom stereocenters. The number of hydrogen-bond donors (Lipinski definition) is 2. The van der Waals surface area contributed by atoms with E-state index >= 15 is 0 Å². The Balaban J connectivity index is 2.59. The highest BCUT2D eigenvalue weighted by Gasteiger charge is 2.13. The summed E-state index contributed by atoms with van der Waals surface area (Å²) in [6.07, 6.45) is 0. The molecule has 2 aromatic carbocycles. The molecule has 0 amide bonds. The Kier molecular flexibility index (Phi) is 3.72. The van der Waals surface area contributed by atoms with Gasteiger partial charge in [-0.3, -0.25) is 0 Å². The van der Waals surface area contributed by atoms with E-state index in [0.29, 0.717) is 5.56 Å². The molecular weight excluding hydrogens is 287 g/mol. The maximum atomic E-state index is 13.4. The monoisotopic (exact) mass is 294 g/mol. The second kappa shape index (κ2) is 5.30. The second-order valence-electron chi connectivity index (χ2n) is 4.03. The Hall–Kier alpha value is -2.40. The molecule has 0 saturated carbocycles. The number of carboxylic acids is 2. The van der Waals surface area contributed by atoms with E-state index in [0.717, 1.165) is 12.1 Å². The third-order valence-electron chi connectivity index (χ3n) is 2.67. The van der Waals surface area contributed by atoms with Crippen LogP contribution in [0.4, 0.5) is 4.39 Å². The minimum atomic E-state index is -1.27. The van der Waals surface area contributed by atoms with Gasteiger partial charge in [-0.25, -0.2) is 14.0 Å². The van der Waals surface area contributed by atoms with Crippen molar-refractivity contribution in [2.24, 2.45) is 0 Å². The molecule has 0 aliphatic rings. The van der Waals surface area contributed by atoms with E-state index in [1.54, 1.807) is 0 Å². The summed E-state index contributed by atoms with van der Waals surface area (Å²) in [6, 6.07) is 7.41. The molecule has 0 fully saturated rings. The molecule has 2 N–H and O–H groups in total.